The van der Waals surface area contributed by atoms with Crippen LogP contribution in [0.15, 0.2) is 28.6 Å². The summed E-state index contributed by atoms with van der Waals surface area (Å²) in [5.74, 6) is -0.765. The van der Waals surface area contributed by atoms with Gasteiger partial charge in [0.05, 0.1) is 44.4 Å². The van der Waals surface area contributed by atoms with Crippen molar-refractivity contribution in [3.05, 3.63) is 39.7 Å². The molecule has 42 heavy (non-hydrogen) atoms. The Bertz CT molecular complexity index is 1720. The van der Waals surface area contributed by atoms with Gasteiger partial charge in [-0.15, -0.1) is 0 Å². The van der Waals surface area contributed by atoms with Crippen LogP contribution >= 0.6 is 17.8 Å². The smallest absolute Gasteiger partial charge is 0.280 e. The van der Waals surface area contributed by atoms with Crippen molar-refractivity contribution in [3.8, 4) is 0 Å². The Morgan fingerprint density at radius 3 is 2.60 bits per heavy atom. The molecule has 2 bridgehead atoms. The summed E-state index contributed by atoms with van der Waals surface area (Å²) in [5, 5.41) is 11.1. The first kappa shape index (κ1) is 27.9. The first-order chi connectivity index (χ1) is 20.4. The molecule has 3 aliphatic rings. The van der Waals surface area contributed by atoms with Crippen molar-refractivity contribution < 1.29 is 32.5 Å². The van der Waals surface area contributed by atoms with Crippen molar-refractivity contribution in [2.24, 2.45) is 5.92 Å². The summed E-state index contributed by atoms with van der Waals surface area (Å²) in [6, 6.07) is 0. The van der Waals surface area contributed by atoms with Crippen LogP contribution in [0.3, 0.4) is 0 Å². The van der Waals surface area contributed by atoms with Crippen molar-refractivity contribution in [2.75, 3.05) is 25.1 Å². The van der Waals surface area contributed by atoms with E-state index in [1.807, 2.05) is 0 Å². The number of aromatic nitrogens is 8. The number of imidazole rings is 2. The largest absolute Gasteiger partial charge is 0.387 e. The molecule has 0 amide bonds. The van der Waals surface area contributed by atoms with Crippen LogP contribution in [0.1, 0.15) is 18.9 Å². The topological polar surface area (TPSA) is 220 Å². The molecule has 3 fully saturated rings. The van der Waals surface area contributed by atoms with E-state index in [1.54, 1.807) is 0 Å². The van der Waals surface area contributed by atoms with Gasteiger partial charge in [0.2, 0.25) is 5.95 Å². The molecule has 0 aromatic carbocycles. The number of nitrogens with zero attached hydrogens (tertiary/aromatic N) is 6. The van der Waals surface area contributed by atoms with Gasteiger partial charge in [0.25, 0.3) is 11.1 Å². The molecule has 10 atom stereocenters. The Labute approximate surface area is 238 Å². The highest BCUT2D eigenvalue weighted by atomic mass is 31.1. The van der Waals surface area contributed by atoms with Crippen LogP contribution in [0.5, 0.6) is 0 Å². The number of fused-ring (bicyclic) bond motifs is 5. The maximum Gasteiger partial charge on any atom is 0.280 e. The first-order valence-corrected chi connectivity index (χ1v) is 15.0. The van der Waals surface area contributed by atoms with Gasteiger partial charge < -0.3 is 38.9 Å². The van der Waals surface area contributed by atoms with Crippen LogP contribution in [0, 0.1) is 5.92 Å². The lowest BCUT2D eigenvalue weighted by molar-refractivity contribution is -0.0400. The lowest BCUT2D eigenvalue weighted by Crippen LogP contribution is -2.33. The maximum atomic E-state index is 15.8. The fourth-order valence-electron chi connectivity index (χ4n) is 5.47. The Hall–Kier alpha value is -2.95. The van der Waals surface area contributed by atoms with Crippen LogP contribution in [0.25, 0.3) is 22.3 Å². The molecule has 4 aromatic heterocycles. The van der Waals surface area contributed by atoms with Crippen molar-refractivity contribution in [3.63, 3.8) is 0 Å². The molecule has 0 saturated carbocycles. The molecule has 17 nitrogen and oxygen atoms in total. The molecule has 7 rings (SSSR count). The van der Waals surface area contributed by atoms with Gasteiger partial charge in [-0.05, 0) is 12.6 Å². The summed E-state index contributed by atoms with van der Waals surface area (Å²) in [7, 11) is -0.577. The first-order valence-electron chi connectivity index (χ1n) is 13.0. The molecule has 0 spiro atoms. The van der Waals surface area contributed by atoms with Crippen molar-refractivity contribution in [1.82, 2.24) is 39.0 Å². The van der Waals surface area contributed by atoms with Gasteiger partial charge in [0.1, 0.15) is 12.2 Å². The van der Waals surface area contributed by atoms with Crippen LogP contribution in [-0.4, -0.2) is 94.1 Å². The molecule has 5 N–H and O–H groups in total. The maximum absolute atomic E-state index is 15.8. The molecule has 3 aliphatic heterocycles. The van der Waals surface area contributed by atoms with Crippen LogP contribution in [0.4, 0.5) is 10.3 Å². The fraction of sp³-hybridized carbons (Fsp3) is 0.545. The number of rotatable bonds is 2. The quantitative estimate of drug-likeness (QED) is 0.214. The highest BCUT2D eigenvalue weighted by Gasteiger charge is 2.48. The summed E-state index contributed by atoms with van der Waals surface area (Å²) in [6.07, 6.45) is -1.84. The minimum Gasteiger partial charge on any atom is -0.387 e. The SMILES string of the molecule is Nc1nc2c(ncn2[C@@H]2O[C@@H]3CCPOC[C@H]4[C@H](F)[C@H](n5cnc6c(=O)[nH]cnc65)O[C@@H]4COPO[C@@H]2[C@@H]3O)c(=O)[nH]1. The standard InChI is InChI=1S/C22H26FN9O8P2/c23-11-8-3-36-41-2-1-9-14(33)15(21(38-9)32-7-28-13-17(32)29-22(24)30-19(13)35)40-42-37-4-10(8)39-20(11)31-6-27-12-16(31)25-5-26-18(12)34/h5-11,14-15,20-21,33,41-42H,1-4H2,(H,25,26,34)(H3,24,29,30,35)/t8-,9-,10-,11+,14-,15-,20-,21-/m1/s1. The van der Waals surface area contributed by atoms with Gasteiger partial charge in [-0.25, -0.2) is 19.3 Å². The van der Waals surface area contributed by atoms with E-state index in [0.29, 0.717) is 12.6 Å². The van der Waals surface area contributed by atoms with Crippen LogP contribution in [0.2, 0.25) is 0 Å². The Morgan fingerprint density at radius 2 is 1.76 bits per heavy atom. The fourth-order valence-corrected chi connectivity index (χ4v) is 7.00. The van der Waals surface area contributed by atoms with E-state index in [1.165, 1.54) is 28.1 Å². The molecular formula is C22H26FN9O8P2. The Morgan fingerprint density at radius 1 is 1.00 bits per heavy atom. The monoisotopic (exact) mass is 625 g/mol. The zero-order valence-corrected chi connectivity index (χ0v) is 23.6. The molecular weight excluding hydrogens is 599 g/mol. The van der Waals surface area contributed by atoms with E-state index in [2.05, 4.69) is 29.9 Å². The zero-order valence-electron chi connectivity index (χ0n) is 21.6. The highest BCUT2D eigenvalue weighted by Crippen LogP contribution is 2.42. The second kappa shape index (κ2) is 11.3. The number of aromatic amines is 2. The Kier molecular flexibility index (Phi) is 7.48. The van der Waals surface area contributed by atoms with Crippen LogP contribution in [-0.2, 0) is 23.0 Å². The second-order valence-corrected chi connectivity index (χ2v) is 11.8. The van der Waals surface area contributed by atoms with Crippen molar-refractivity contribution in [1.29, 1.82) is 0 Å². The van der Waals surface area contributed by atoms with Gasteiger partial charge in [0, 0.05) is 14.7 Å². The summed E-state index contributed by atoms with van der Waals surface area (Å²) >= 11 is 0. The average Bonchev–Trinajstić information content (AvgIpc) is 3.72. The lowest BCUT2D eigenvalue weighted by Gasteiger charge is -2.23. The number of nitrogens with two attached hydrogens (primary N) is 1. The van der Waals surface area contributed by atoms with Gasteiger partial charge >= 0.3 is 0 Å². The number of alkyl halides is 1. The number of H-pyrrole nitrogens is 2. The van der Waals surface area contributed by atoms with E-state index in [0.717, 1.165) is 0 Å². The lowest BCUT2D eigenvalue weighted by atomic mass is 10.0. The van der Waals surface area contributed by atoms with Gasteiger partial charge in [0.15, 0.2) is 50.0 Å². The number of halogens is 1. The van der Waals surface area contributed by atoms with Crippen LogP contribution < -0.4 is 16.9 Å². The van der Waals surface area contributed by atoms with Crippen molar-refractivity contribution in [2.45, 2.75) is 49.5 Å². The normalized spacial score (nSPS) is 33.9. The number of nitrogens with one attached hydrogen (secondary N) is 2. The molecule has 2 unspecified atom stereocenters. The van der Waals surface area contributed by atoms with E-state index in [9.17, 15) is 14.7 Å². The number of nitrogen functional groups attached to an aromatic ring is 1. The third-order valence-corrected chi connectivity index (χ3v) is 9.07. The predicted molar refractivity (Wildman–Crippen MR) is 146 cm³/mol. The Balaban J connectivity index is 1.11. The molecule has 7 heterocycles. The number of hydrogen-bond acceptors (Lipinski definition) is 13. The second-order valence-electron chi connectivity index (χ2n) is 10.0. The molecule has 20 heteroatoms. The number of hydrogen-bond donors (Lipinski definition) is 4. The number of aliphatic hydroxyl groups excluding tert-OH is 1. The molecule has 0 aliphatic carbocycles. The molecule has 0 radical (unpaired) electrons. The third kappa shape index (κ3) is 4.81. The van der Waals surface area contributed by atoms with Gasteiger partial charge in [-0.3, -0.25) is 23.7 Å². The van der Waals surface area contributed by atoms with E-state index in [-0.39, 0.29) is 50.3 Å². The zero-order chi connectivity index (χ0) is 29.0. The van der Waals surface area contributed by atoms with E-state index < -0.39 is 69.1 Å². The molecule has 224 valence electrons. The molecule has 4 aromatic rings. The third-order valence-electron chi connectivity index (χ3n) is 7.55. The summed E-state index contributed by atoms with van der Waals surface area (Å²) in [5.41, 5.74) is 5.32. The van der Waals surface area contributed by atoms with E-state index >= 15 is 4.39 Å². The molecule has 3 saturated heterocycles. The van der Waals surface area contributed by atoms with Gasteiger partial charge in [-0.2, -0.15) is 4.98 Å². The number of aliphatic hydroxyl groups is 1. The number of anilines is 1. The van der Waals surface area contributed by atoms with Gasteiger partial charge in [-0.1, -0.05) is 0 Å². The minimum absolute atomic E-state index is 0.00346. The average molecular weight is 625 g/mol. The summed E-state index contributed by atoms with van der Waals surface area (Å²) in [6.45, 7) is 0.0309. The highest BCUT2D eigenvalue weighted by molar-refractivity contribution is 7.32. The summed E-state index contributed by atoms with van der Waals surface area (Å²) < 4.78 is 48.6. The summed E-state index contributed by atoms with van der Waals surface area (Å²) in [4.78, 5) is 45.8. The van der Waals surface area contributed by atoms with Crippen molar-refractivity contribution >= 4 is 46.1 Å². The minimum atomic E-state index is -1.50. The predicted octanol–water partition coefficient (Wildman–Crippen LogP) is -0.131. The van der Waals surface area contributed by atoms with E-state index in [4.69, 9.17) is 28.8 Å². The number of ether oxygens (including phenoxy) is 2.